The van der Waals surface area contributed by atoms with Crippen molar-refractivity contribution >= 4 is 95.1 Å². The number of hydrogen-bond acceptors (Lipinski definition) is 2. The lowest BCUT2D eigenvalue weighted by molar-refractivity contribution is 0.647. The first-order valence-electron chi connectivity index (χ1n) is 16.8. The molecular weight excluding hydrogens is 591 g/mol. The van der Waals surface area contributed by atoms with E-state index in [9.17, 15) is 0 Å². The number of aromatic nitrogens is 4. The lowest BCUT2D eigenvalue weighted by Gasteiger charge is -2.32. The summed E-state index contributed by atoms with van der Waals surface area (Å²) < 4.78 is 23.5. The smallest absolute Gasteiger partial charge is 0.258 e. The van der Waals surface area contributed by atoms with Crippen LogP contribution < -0.4 is 16.4 Å². The number of rotatable bonds is 1. The fourth-order valence-corrected chi connectivity index (χ4v) is 9.69. The molecule has 12 rings (SSSR count). The Kier molecular flexibility index (Phi) is 4.22. The number of furan rings is 2. The Morgan fingerprint density at radius 3 is 1.96 bits per heavy atom. The fraction of sp³-hybridized carbons (Fsp3) is 0.122. The molecule has 7 heteroatoms. The van der Waals surface area contributed by atoms with Gasteiger partial charge < -0.3 is 8.83 Å². The van der Waals surface area contributed by atoms with E-state index in [0.717, 1.165) is 33.4 Å². The van der Waals surface area contributed by atoms with Crippen molar-refractivity contribution in [3.63, 3.8) is 0 Å². The van der Waals surface area contributed by atoms with E-state index in [-0.39, 0.29) is 6.71 Å². The average Bonchev–Trinajstić information content (AvgIpc) is 3.90. The standard InChI is InChI=1S/C41H29BN4O2/c1-6-21(3)36-23(5)43-38-34(31-24-12-7-9-16-29(24)47-40(31)43)42-33-26(44(36)38)14-11-15-27(33)45-37-22(4)18-20(2)19-28(37)46-39(45)35(42)32-25-13-8-10-17-30(25)48-41(32)46/h6-19H,1-5H3/b21-6-. The van der Waals surface area contributed by atoms with Crippen LogP contribution in [0, 0.1) is 20.8 Å². The Bertz CT molecular complexity index is 3180. The maximum absolute atomic E-state index is 6.87. The van der Waals surface area contributed by atoms with Gasteiger partial charge in [0.25, 0.3) is 6.71 Å². The van der Waals surface area contributed by atoms with Gasteiger partial charge >= 0.3 is 0 Å². The lowest BCUT2D eigenvalue weighted by atomic mass is 9.34. The van der Waals surface area contributed by atoms with Gasteiger partial charge in [0.2, 0.25) is 11.4 Å². The molecule has 0 unspecified atom stereocenters. The van der Waals surface area contributed by atoms with E-state index in [2.05, 4.69) is 137 Å². The summed E-state index contributed by atoms with van der Waals surface area (Å²) in [4.78, 5) is 0. The number of nitrogens with zero attached hydrogens (tertiary/aromatic N) is 4. The summed E-state index contributed by atoms with van der Waals surface area (Å²) in [5.74, 6) is 0. The molecule has 0 aliphatic carbocycles. The maximum atomic E-state index is 6.87. The van der Waals surface area contributed by atoms with E-state index >= 15 is 0 Å². The largest absolute Gasteiger partial charge is 0.439 e. The quantitative estimate of drug-likeness (QED) is 0.174. The van der Waals surface area contributed by atoms with Crippen LogP contribution in [0.25, 0.3) is 83.4 Å². The summed E-state index contributed by atoms with van der Waals surface area (Å²) in [5.41, 5.74) is 21.0. The summed E-state index contributed by atoms with van der Waals surface area (Å²) in [6, 6.07) is 28.6. The van der Waals surface area contributed by atoms with E-state index in [4.69, 9.17) is 8.83 Å². The van der Waals surface area contributed by atoms with Crippen molar-refractivity contribution in [3.05, 3.63) is 107 Å². The van der Waals surface area contributed by atoms with Crippen molar-refractivity contribution in [2.24, 2.45) is 0 Å². The first kappa shape index (κ1) is 25.3. The molecule has 2 aliphatic rings. The molecule has 0 radical (unpaired) electrons. The van der Waals surface area contributed by atoms with E-state index in [1.807, 2.05) is 0 Å². The second-order valence-electron chi connectivity index (χ2n) is 13.9. The van der Waals surface area contributed by atoms with Gasteiger partial charge in [0.1, 0.15) is 22.5 Å². The molecule has 0 fully saturated rings. The van der Waals surface area contributed by atoms with Gasteiger partial charge in [-0.25, -0.2) is 0 Å². The highest BCUT2D eigenvalue weighted by Gasteiger charge is 2.47. The van der Waals surface area contributed by atoms with Crippen molar-refractivity contribution in [2.75, 3.05) is 0 Å². The first-order valence-corrected chi connectivity index (χ1v) is 16.8. The molecule has 0 saturated heterocycles. The highest BCUT2D eigenvalue weighted by molar-refractivity contribution is 7.03. The highest BCUT2D eigenvalue weighted by atomic mass is 16.3. The highest BCUT2D eigenvalue weighted by Crippen LogP contribution is 2.43. The second-order valence-corrected chi connectivity index (χ2v) is 13.9. The van der Waals surface area contributed by atoms with Crippen molar-refractivity contribution in [3.8, 4) is 11.4 Å². The molecule has 0 saturated carbocycles. The summed E-state index contributed by atoms with van der Waals surface area (Å²) in [6.45, 7) is 11.0. The number of hydrogen-bond donors (Lipinski definition) is 0. The predicted octanol–water partition coefficient (Wildman–Crippen LogP) is 8.22. The number of benzene rings is 4. The minimum absolute atomic E-state index is 0.0445. The van der Waals surface area contributed by atoms with E-state index in [1.165, 1.54) is 89.0 Å². The molecule has 0 spiro atoms. The number of imidazole rings is 2. The Morgan fingerprint density at radius 2 is 1.29 bits per heavy atom. The summed E-state index contributed by atoms with van der Waals surface area (Å²) >= 11 is 0. The molecule has 4 aromatic carbocycles. The molecule has 0 N–H and O–H groups in total. The second kappa shape index (κ2) is 8.00. The zero-order chi connectivity index (χ0) is 31.9. The van der Waals surface area contributed by atoms with Crippen LogP contribution in [0.3, 0.4) is 0 Å². The van der Waals surface area contributed by atoms with Crippen LogP contribution in [0.1, 0.15) is 36.4 Å². The molecule has 0 amide bonds. The van der Waals surface area contributed by atoms with Crippen LogP contribution in [0.5, 0.6) is 0 Å². The third kappa shape index (κ3) is 2.53. The van der Waals surface area contributed by atoms with E-state index in [0.29, 0.717) is 0 Å². The van der Waals surface area contributed by atoms with Gasteiger partial charge in [0, 0.05) is 38.6 Å². The summed E-state index contributed by atoms with van der Waals surface area (Å²) in [5, 5.41) is 4.71. The van der Waals surface area contributed by atoms with Crippen LogP contribution >= 0.6 is 0 Å². The SMILES string of the molecule is C/C=C(/C)c1c(C)n2c3oc4ccccc4c3c3c2n1-c1cccc2c1B3c1c3c4ccccc4oc3n3c4cc(C)cc(C)c4n-2c13. The maximum Gasteiger partial charge on any atom is 0.258 e. The van der Waals surface area contributed by atoms with Crippen LogP contribution in [-0.2, 0) is 0 Å². The Morgan fingerprint density at radius 1 is 0.688 bits per heavy atom. The zero-order valence-corrected chi connectivity index (χ0v) is 27.3. The molecule has 8 heterocycles. The number of fused-ring (bicyclic) bond motifs is 17. The van der Waals surface area contributed by atoms with Gasteiger partial charge in [0.15, 0.2) is 0 Å². The Labute approximate surface area is 274 Å². The summed E-state index contributed by atoms with van der Waals surface area (Å²) in [7, 11) is 0. The van der Waals surface area contributed by atoms with Crippen LogP contribution in [0.4, 0.5) is 0 Å². The van der Waals surface area contributed by atoms with Crippen molar-refractivity contribution in [1.29, 1.82) is 0 Å². The van der Waals surface area contributed by atoms with Crippen molar-refractivity contribution < 1.29 is 8.83 Å². The zero-order valence-electron chi connectivity index (χ0n) is 27.3. The minimum Gasteiger partial charge on any atom is -0.439 e. The van der Waals surface area contributed by atoms with Gasteiger partial charge in [-0.15, -0.1) is 0 Å². The number of allylic oxidation sites excluding steroid dienone is 2. The van der Waals surface area contributed by atoms with Crippen molar-refractivity contribution in [1.82, 2.24) is 17.9 Å². The minimum atomic E-state index is -0.0445. The van der Waals surface area contributed by atoms with Gasteiger partial charge in [0.05, 0.1) is 16.7 Å². The first-order chi connectivity index (χ1) is 23.5. The van der Waals surface area contributed by atoms with E-state index in [1.54, 1.807) is 0 Å². The Hall–Kier alpha value is -5.82. The molecular formula is C41H29BN4O2. The predicted molar refractivity (Wildman–Crippen MR) is 197 cm³/mol. The third-order valence-electron chi connectivity index (χ3n) is 11.4. The normalized spacial score (nSPS) is 14.0. The van der Waals surface area contributed by atoms with E-state index < -0.39 is 0 Å². The molecule has 2 aliphatic heterocycles. The third-order valence-corrected chi connectivity index (χ3v) is 11.4. The number of para-hydroxylation sites is 2. The molecule has 48 heavy (non-hydrogen) atoms. The monoisotopic (exact) mass is 620 g/mol. The molecule has 6 aromatic heterocycles. The van der Waals surface area contributed by atoms with Crippen LogP contribution in [0.15, 0.2) is 93.8 Å². The van der Waals surface area contributed by atoms with Crippen LogP contribution in [-0.4, -0.2) is 24.6 Å². The summed E-state index contributed by atoms with van der Waals surface area (Å²) in [6.07, 6.45) is 2.23. The van der Waals surface area contributed by atoms with Crippen molar-refractivity contribution in [2.45, 2.75) is 34.6 Å². The fourth-order valence-electron chi connectivity index (χ4n) is 9.69. The lowest BCUT2D eigenvalue weighted by Crippen LogP contribution is -2.59. The van der Waals surface area contributed by atoms with Gasteiger partial charge in [-0.1, -0.05) is 54.6 Å². The molecule has 6 nitrogen and oxygen atoms in total. The molecule has 228 valence electrons. The molecule has 10 aromatic rings. The Balaban J connectivity index is 1.42. The average molecular weight is 621 g/mol. The van der Waals surface area contributed by atoms with Gasteiger partial charge in [-0.05, 0) is 98.0 Å². The number of aryl methyl sites for hydroxylation is 3. The van der Waals surface area contributed by atoms with Gasteiger partial charge in [-0.3, -0.25) is 17.9 Å². The van der Waals surface area contributed by atoms with Crippen LogP contribution in [0.2, 0.25) is 0 Å². The molecule has 0 bridgehead atoms. The topological polar surface area (TPSA) is 45.0 Å². The molecule has 0 atom stereocenters. The van der Waals surface area contributed by atoms with Gasteiger partial charge in [-0.2, -0.15) is 0 Å².